The van der Waals surface area contributed by atoms with Gasteiger partial charge in [0.15, 0.2) is 0 Å². The number of hydrogen-bond acceptors (Lipinski definition) is 3. The molecule has 1 aromatic carbocycles. The molecular formula is C14H20ClN3O3. The molecule has 0 atom stereocenters. The summed E-state index contributed by atoms with van der Waals surface area (Å²) in [6.07, 6.45) is 0.866. The molecule has 7 heteroatoms. The van der Waals surface area contributed by atoms with Crippen LogP contribution >= 0.6 is 11.6 Å². The van der Waals surface area contributed by atoms with E-state index in [1.165, 1.54) is 6.92 Å². The Kier molecular flexibility index (Phi) is 9.62. The number of rotatable bonds is 3. The summed E-state index contributed by atoms with van der Waals surface area (Å²) in [5.74, 6) is -0.457. The van der Waals surface area contributed by atoms with Crippen LogP contribution in [0.5, 0.6) is 0 Å². The highest BCUT2D eigenvalue weighted by atomic mass is 35.5. The van der Waals surface area contributed by atoms with E-state index in [4.69, 9.17) is 11.6 Å². The van der Waals surface area contributed by atoms with E-state index < -0.39 is 6.03 Å². The third-order valence-corrected chi connectivity index (χ3v) is 2.37. The smallest absolute Gasteiger partial charge is 0.321 e. The summed E-state index contributed by atoms with van der Waals surface area (Å²) < 4.78 is 0. The second kappa shape index (κ2) is 10.7. The van der Waals surface area contributed by atoms with Crippen LogP contribution in [0.1, 0.15) is 30.6 Å². The van der Waals surface area contributed by atoms with Crippen LogP contribution in [0, 0.1) is 0 Å². The molecule has 0 saturated carbocycles. The number of halogens is 1. The molecule has 21 heavy (non-hydrogen) atoms. The fourth-order valence-corrected chi connectivity index (χ4v) is 1.41. The van der Waals surface area contributed by atoms with E-state index in [0.717, 1.165) is 6.42 Å². The van der Waals surface area contributed by atoms with E-state index >= 15 is 0 Å². The fourth-order valence-electron chi connectivity index (χ4n) is 1.22. The third-order valence-electron chi connectivity index (χ3n) is 2.14. The van der Waals surface area contributed by atoms with Gasteiger partial charge in [-0.1, -0.05) is 24.6 Å². The number of carbonyl (C=O) groups excluding carboxylic acids is 3. The van der Waals surface area contributed by atoms with Crippen molar-refractivity contribution in [3.63, 3.8) is 0 Å². The Bertz CT molecular complexity index is 492. The van der Waals surface area contributed by atoms with Crippen LogP contribution in [-0.4, -0.2) is 31.4 Å². The SMILES string of the molecule is CCCNC(=O)NC(C)=O.CNC(=O)c1cccc(Cl)c1. The van der Waals surface area contributed by atoms with Crippen molar-refractivity contribution in [1.82, 2.24) is 16.0 Å². The molecular weight excluding hydrogens is 294 g/mol. The Morgan fingerprint density at radius 3 is 2.38 bits per heavy atom. The molecule has 0 heterocycles. The van der Waals surface area contributed by atoms with Gasteiger partial charge in [0.1, 0.15) is 0 Å². The van der Waals surface area contributed by atoms with Gasteiger partial charge < -0.3 is 10.6 Å². The lowest BCUT2D eigenvalue weighted by molar-refractivity contribution is -0.117. The van der Waals surface area contributed by atoms with Crippen LogP contribution < -0.4 is 16.0 Å². The summed E-state index contributed by atoms with van der Waals surface area (Å²) in [5.41, 5.74) is 0.583. The van der Waals surface area contributed by atoms with E-state index in [9.17, 15) is 14.4 Å². The van der Waals surface area contributed by atoms with E-state index in [2.05, 4.69) is 16.0 Å². The Morgan fingerprint density at radius 1 is 1.24 bits per heavy atom. The average molecular weight is 314 g/mol. The molecule has 0 radical (unpaired) electrons. The Labute approximate surface area is 129 Å². The zero-order valence-corrected chi connectivity index (χ0v) is 13.1. The first kappa shape index (κ1) is 18.9. The average Bonchev–Trinajstić information content (AvgIpc) is 2.44. The lowest BCUT2D eigenvalue weighted by Gasteiger charge is -2.01. The quantitative estimate of drug-likeness (QED) is 0.797. The summed E-state index contributed by atoms with van der Waals surface area (Å²) in [6.45, 7) is 3.83. The minimum atomic E-state index is -0.422. The molecule has 0 aliphatic carbocycles. The number of amides is 4. The van der Waals surface area contributed by atoms with Gasteiger partial charge >= 0.3 is 6.03 Å². The molecule has 0 spiro atoms. The first-order valence-corrected chi connectivity index (χ1v) is 6.81. The fraction of sp³-hybridized carbons (Fsp3) is 0.357. The summed E-state index contributed by atoms with van der Waals surface area (Å²) in [4.78, 5) is 31.8. The molecule has 116 valence electrons. The van der Waals surface area contributed by atoms with E-state index in [1.807, 2.05) is 6.92 Å². The number of urea groups is 1. The number of hydrogen-bond donors (Lipinski definition) is 3. The largest absolute Gasteiger partial charge is 0.355 e. The molecule has 1 aromatic rings. The van der Waals surface area contributed by atoms with Gasteiger partial charge in [-0.25, -0.2) is 4.79 Å². The lowest BCUT2D eigenvalue weighted by Crippen LogP contribution is -2.38. The van der Waals surface area contributed by atoms with Crippen molar-refractivity contribution in [2.24, 2.45) is 0 Å². The minimum Gasteiger partial charge on any atom is -0.355 e. The van der Waals surface area contributed by atoms with Gasteiger partial charge in [-0.05, 0) is 24.6 Å². The second-order valence-corrected chi connectivity index (χ2v) is 4.46. The van der Waals surface area contributed by atoms with Gasteiger partial charge in [0.05, 0.1) is 0 Å². The lowest BCUT2D eigenvalue weighted by atomic mass is 10.2. The van der Waals surface area contributed by atoms with Gasteiger partial charge in [0.2, 0.25) is 5.91 Å². The van der Waals surface area contributed by atoms with Crippen molar-refractivity contribution in [3.05, 3.63) is 34.9 Å². The van der Waals surface area contributed by atoms with Crippen LogP contribution in [0.3, 0.4) is 0 Å². The maximum absolute atomic E-state index is 11.0. The first-order valence-electron chi connectivity index (χ1n) is 6.43. The molecule has 0 bridgehead atoms. The van der Waals surface area contributed by atoms with Crippen molar-refractivity contribution < 1.29 is 14.4 Å². The predicted octanol–water partition coefficient (Wildman–Crippen LogP) is 1.94. The number of nitrogens with one attached hydrogen (secondary N) is 3. The summed E-state index contributed by atoms with van der Waals surface area (Å²) in [5, 5.41) is 7.67. The van der Waals surface area contributed by atoms with Crippen LogP contribution in [0.4, 0.5) is 4.79 Å². The van der Waals surface area contributed by atoms with Crippen LogP contribution in [0.25, 0.3) is 0 Å². The zero-order chi connectivity index (χ0) is 16.3. The van der Waals surface area contributed by atoms with Gasteiger partial charge in [-0.2, -0.15) is 0 Å². The standard InChI is InChI=1S/C8H8ClNO.C6H12N2O2/c1-10-8(11)6-3-2-4-7(9)5-6;1-3-4-7-6(10)8-5(2)9/h2-5H,1H3,(H,10,11);3-4H2,1-2H3,(H2,7,8,9,10). The Morgan fingerprint density at radius 2 is 1.90 bits per heavy atom. The highest BCUT2D eigenvalue weighted by Crippen LogP contribution is 2.09. The van der Waals surface area contributed by atoms with Gasteiger partial charge in [-0.15, -0.1) is 0 Å². The van der Waals surface area contributed by atoms with E-state index in [0.29, 0.717) is 17.1 Å². The monoisotopic (exact) mass is 313 g/mol. The van der Waals surface area contributed by atoms with Gasteiger partial charge in [0.25, 0.3) is 5.91 Å². The van der Waals surface area contributed by atoms with Crippen molar-refractivity contribution in [2.45, 2.75) is 20.3 Å². The molecule has 0 fully saturated rings. The summed E-state index contributed by atoms with van der Waals surface area (Å²) >= 11 is 5.67. The molecule has 6 nitrogen and oxygen atoms in total. The van der Waals surface area contributed by atoms with Crippen molar-refractivity contribution >= 4 is 29.4 Å². The molecule has 0 saturated heterocycles. The molecule has 0 aliphatic heterocycles. The topological polar surface area (TPSA) is 87.3 Å². The normalized spacial score (nSPS) is 8.95. The molecule has 4 amide bonds. The molecule has 0 unspecified atom stereocenters. The highest BCUT2D eigenvalue weighted by molar-refractivity contribution is 6.30. The minimum absolute atomic E-state index is 0.118. The number of benzene rings is 1. The molecule has 1 rings (SSSR count). The van der Waals surface area contributed by atoms with Gasteiger partial charge in [0, 0.05) is 31.1 Å². The van der Waals surface area contributed by atoms with E-state index in [-0.39, 0.29) is 11.8 Å². The Balaban J connectivity index is 0.000000384. The molecule has 0 aromatic heterocycles. The molecule has 0 aliphatic rings. The van der Waals surface area contributed by atoms with Crippen LogP contribution in [0.15, 0.2) is 24.3 Å². The van der Waals surface area contributed by atoms with Crippen molar-refractivity contribution in [1.29, 1.82) is 0 Å². The summed E-state index contributed by atoms with van der Waals surface area (Å²) in [7, 11) is 1.59. The van der Waals surface area contributed by atoms with Gasteiger partial charge in [-0.3, -0.25) is 14.9 Å². The Hall–Kier alpha value is -2.08. The molecule has 3 N–H and O–H groups in total. The summed E-state index contributed by atoms with van der Waals surface area (Å²) in [6, 6.07) is 6.39. The third kappa shape index (κ3) is 9.45. The highest BCUT2D eigenvalue weighted by Gasteiger charge is 2.01. The van der Waals surface area contributed by atoms with Crippen molar-refractivity contribution in [2.75, 3.05) is 13.6 Å². The predicted molar refractivity (Wildman–Crippen MR) is 82.3 cm³/mol. The maximum atomic E-state index is 11.0. The first-order chi connectivity index (χ1) is 9.90. The zero-order valence-electron chi connectivity index (χ0n) is 12.3. The van der Waals surface area contributed by atoms with E-state index in [1.54, 1.807) is 31.3 Å². The van der Waals surface area contributed by atoms with Crippen LogP contribution in [-0.2, 0) is 4.79 Å². The number of carbonyl (C=O) groups is 3. The van der Waals surface area contributed by atoms with Crippen molar-refractivity contribution in [3.8, 4) is 0 Å². The van der Waals surface area contributed by atoms with Crippen LogP contribution in [0.2, 0.25) is 5.02 Å². The maximum Gasteiger partial charge on any atom is 0.321 e. The number of imide groups is 1. The second-order valence-electron chi connectivity index (χ2n) is 4.03.